The predicted octanol–water partition coefficient (Wildman–Crippen LogP) is 1.67. The number of hydrogen-bond acceptors (Lipinski definition) is 2. The van der Waals surface area contributed by atoms with E-state index in [1.807, 2.05) is 0 Å². The van der Waals surface area contributed by atoms with Gasteiger partial charge in [0.2, 0.25) is 0 Å². The fourth-order valence-corrected chi connectivity index (χ4v) is 0.688. The third kappa shape index (κ3) is 1.36. The minimum absolute atomic E-state index is 0.150. The smallest absolute Gasteiger partial charge is 0.255 e. The molecule has 0 aliphatic rings. The summed E-state index contributed by atoms with van der Waals surface area (Å²) in [5, 5.41) is 8.66. The molecule has 0 amide bonds. The lowest BCUT2D eigenvalue weighted by Gasteiger charge is -1.95. The number of nitrogens with zero attached hydrogens (tertiary/aromatic N) is 1. The zero-order valence-electron chi connectivity index (χ0n) is 5.01. The zero-order chi connectivity index (χ0) is 7.56. The van der Waals surface area contributed by atoms with E-state index in [-0.39, 0.29) is 5.88 Å². The van der Waals surface area contributed by atoms with Crippen molar-refractivity contribution in [2.75, 3.05) is 0 Å². The van der Waals surface area contributed by atoms with Crippen LogP contribution in [-0.4, -0.2) is 10.1 Å². The number of hydrogen-bond donors (Lipinski definition) is 1. The molecule has 1 N–H and O–H groups in total. The molecule has 54 valence electrons. The molecule has 0 aliphatic carbocycles. The van der Waals surface area contributed by atoms with Crippen molar-refractivity contribution in [3.63, 3.8) is 0 Å². The van der Waals surface area contributed by atoms with Gasteiger partial charge in [-0.2, -0.15) is 4.39 Å². The summed E-state index contributed by atoms with van der Waals surface area (Å²) in [6.45, 7) is 0. The molecule has 2 nitrogen and oxygen atoms in total. The van der Waals surface area contributed by atoms with Crippen LogP contribution in [0.5, 0.6) is 5.75 Å². The van der Waals surface area contributed by atoms with Crippen LogP contribution in [0.1, 0.15) is 5.69 Å². The molecule has 0 radical (unpaired) electrons. The van der Waals surface area contributed by atoms with Crippen LogP contribution in [0.3, 0.4) is 0 Å². The van der Waals surface area contributed by atoms with Gasteiger partial charge >= 0.3 is 0 Å². The molecular formula is C6H5ClFNO. The molecule has 1 rings (SSSR count). The Morgan fingerprint density at radius 3 is 2.80 bits per heavy atom. The first-order valence-corrected chi connectivity index (χ1v) is 3.18. The fourth-order valence-electron chi connectivity index (χ4n) is 0.539. The molecule has 0 aliphatic heterocycles. The second kappa shape index (κ2) is 2.84. The molecule has 0 saturated carbocycles. The van der Waals surface area contributed by atoms with Crippen LogP contribution in [0, 0.1) is 5.95 Å². The van der Waals surface area contributed by atoms with E-state index in [4.69, 9.17) is 16.7 Å². The molecule has 0 spiro atoms. The lowest BCUT2D eigenvalue weighted by Crippen LogP contribution is -1.88. The number of halogens is 2. The number of aromatic nitrogens is 1. The lowest BCUT2D eigenvalue weighted by atomic mass is 10.4. The van der Waals surface area contributed by atoms with Crippen LogP contribution in [0.2, 0.25) is 0 Å². The van der Waals surface area contributed by atoms with E-state index in [0.29, 0.717) is 5.69 Å². The summed E-state index contributed by atoms with van der Waals surface area (Å²) in [6, 6.07) is 2.69. The second-order valence-electron chi connectivity index (χ2n) is 1.75. The third-order valence-corrected chi connectivity index (χ3v) is 1.30. The molecule has 1 heterocycles. The SMILES string of the molecule is Oc1ccc(CCl)nc1F. The number of aromatic hydroxyl groups is 1. The van der Waals surface area contributed by atoms with Crippen LogP contribution in [0.4, 0.5) is 4.39 Å². The summed E-state index contributed by atoms with van der Waals surface area (Å²) in [4.78, 5) is 3.34. The van der Waals surface area contributed by atoms with Crippen molar-refractivity contribution in [3.05, 3.63) is 23.8 Å². The number of alkyl halides is 1. The standard InChI is InChI=1S/C6H5ClFNO/c7-3-4-1-2-5(10)6(8)9-4/h1-2,10H,3H2. The van der Waals surface area contributed by atoms with E-state index < -0.39 is 11.7 Å². The minimum Gasteiger partial charge on any atom is -0.504 e. The number of pyridine rings is 1. The van der Waals surface area contributed by atoms with Crippen molar-refractivity contribution in [1.82, 2.24) is 4.98 Å². The van der Waals surface area contributed by atoms with Gasteiger partial charge in [-0.1, -0.05) is 0 Å². The van der Waals surface area contributed by atoms with Crippen molar-refractivity contribution in [3.8, 4) is 5.75 Å². The normalized spacial score (nSPS) is 9.80. The van der Waals surface area contributed by atoms with Crippen molar-refractivity contribution < 1.29 is 9.50 Å². The zero-order valence-corrected chi connectivity index (χ0v) is 5.77. The van der Waals surface area contributed by atoms with Crippen LogP contribution < -0.4 is 0 Å². The van der Waals surface area contributed by atoms with E-state index in [1.54, 1.807) is 0 Å². The molecule has 0 fully saturated rings. The average Bonchev–Trinajstić information content (AvgIpc) is 1.95. The highest BCUT2D eigenvalue weighted by atomic mass is 35.5. The Morgan fingerprint density at radius 1 is 1.60 bits per heavy atom. The van der Waals surface area contributed by atoms with Gasteiger partial charge in [-0.15, -0.1) is 11.6 Å². The minimum atomic E-state index is -0.877. The van der Waals surface area contributed by atoms with Gasteiger partial charge in [-0.05, 0) is 12.1 Å². The lowest BCUT2D eigenvalue weighted by molar-refractivity contribution is 0.417. The van der Waals surface area contributed by atoms with E-state index >= 15 is 0 Å². The van der Waals surface area contributed by atoms with Gasteiger partial charge in [0.05, 0.1) is 11.6 Å². The van der Waals surface area contributed by atoms with E-state index in [9.17, 15) is 4.39 Å². The molecule has 0 bridgehead atoms. The average molecular weight is 162 g/mol. The molecule has 4 heteroatoms. The first-order valence-electron chi connectivity index (χ1n) is 2.64. The maximum atomic E-state index is 12.3. The van der Waals surface area contributed by atoms with Gasteiger partial charge in [0.1, 0.15) is 0 Å². The van der Waals surface area contributed by atoms with Gasteiger partial charge in [-0.3, -0.25) is 0 Å². The van der Waals surface area contributed by atoms with E-state index in [1.165, 1.54) is 12.1 Å². The van der Waals surface area contributed by atoms with Crippen molar-refractivity contribution >= 4 is 11.6 Å². The Hall–Kier alpha value is -0.830. The van der Waals surface area contributed by atoms with E-state index in [2.05, 4.69) is 4.98 Å². The summed E-state index contributed by atoms with van der Waals surface area (Å²) in [7, 11) is 0. The summed E-state index contributed by atoms with van der Waals surface area (Å²) in [5.74, 6) is -1.18. The molecule has 10 heavy (non-hydrogen) atoms. The molecule has 0 aromatic carbocycles. The number of rotatable bonds is 1. The first-order chi connectivity index (χ1) is 4.74. The summed E-state index contributed by atoms with van der Waals surface area (Å²) < 4.78 is 12.3. The van der Waals surface area contributed by atoms with Crippen molar-refractivity contribution in [1.29, 1.82) is 0 Å². The Kier molecular flexibility index (Phi) is 2.06. The van der Waals surface area contributed by atoms with E-state index in [0.717, 1.165) is 0 Å². The first kappa shape index (κ1) is 7.28. The predicted molar refractivity (Wildman–Crippen MR) is 35.4 cm³/mol. The quantitative estimate of drug-likeness (QED) is 0.502. The highest BCUT2D eigenvalue weighted by Gasteiger charge is 2.00. The highest BCUT2D eigenvalue weighted by Crippen LogP contribution is 2.12. The summed E-state index contributed by atoms with van der Waals surface area (Å²) in [6.07, 6.45) is 0. The van der Waals surface area contributed by atoms with Gasteiger partial charge in [0.15, 0.2) is 5.75 Å². The summed E-state index contributed by atoms with van der Waals surface area (Å²) in [5.41, 5.74) is 0.414. The van der Waals surface area contributed by atoms with Crippen LogP contribution in [0.15, 0.2) is 12.1 Å². The molecule has 0 saturated heterocycles. The van der Waals surface area contributed by atoms with Gasteiger partial charge in [0, 0.05) is 0 Å². The molecular weight excluding hydrogens is 157 g/mol. The van der Waals surface area contributed by atoms with Gasteiger partial charge < -0.3 is 5.11 Å². The Bertz CT molecular complexity index is 241. The molecule has 1 aromatic heterocycles. The monoisotopic (exact) mass is 161 g/mol. The van der Waals surface area contributed by atoms with Crippen LogP contribution >= 0.6 is 11.6 Å². The maximum absolute atomic E-state index is 12.3. The van der Waals surface area contributed by atoms with Crippen LogP contribution in [0.25, 0.3) is 0 Å². The fraction of sp³-hybridized carbons (Fsp3) is 0.167. The largest absolute Gasteiger partial charge is 0.504 e. The van der Waals surface area contributed by atoms with Gasteiger partial charge in [0.25, 0.3) is 5.95 Å². The van der Waals surface area contributed by atoms with Crippen molar-refractivity contribution in [2.45, 2.75) is 5.88 Å². The summed E-state index contributed by atoms with van der Waals surface area (Å²) >= 11 is 5.34. The van der Waals surface area contributed by atoms with Gasteiger partial charge in [-0.25, -0.2) is 4.98 Å². The molecule has 0 unspecified atom stereocenters. The molecule has 0 atom stereocenters. The Balaban J connectivity index is 3.04. The Morgan fingerprint density at radius 2 is 2.30 bits per heavy atom. The van der Waals surface area contributed by atoms with Crippen molar-refractivity contribution in [2.24, 2.45) is 0 Å². The Labute approximate surface area is 62.3 Å². The maximum Gasteiger partial charge on any atom is 0.255 e. The highest BCUT2D eigenvalue weighted by molar-refractivity contribution is 6.16. The second-order valence-corrected chi connectivity index (χ2v) is 2.01. The topological polar surface area (TPSA) is 33.1 Å². The molecule has 1 aromatic rings. The third-order valence-electron chi connectivity index (χ3n) is 1.02. The van der Waals surface area contributed by atoms with Crippen LogP contribution in [-0.2, 0) is 5.88 Å².